The van der Waals surface area contributed by atoms with Gasteiger partial charge in [0.1, 0.15) is 0 Å². The number of rotatable bonds is 3. The molecule has 0 radical (unpaired) electrons. The Morgan fingerprint density at radius 2 is 1.61 bits per heavy atom. The summed E-state index contributed by atoms with van der Waals surface area (Å²) in [6.45, 7) is 7.87. The lowest BCUT2D eigenvalue weighted by Gasteiger charge is -2.33. The molecule has 0 unspecified atom stereocenters. The predicted molar refractivity (Wildman–Crippen MR) is 78.5 cm³/mol. The second-order valence-electron chi connectivity index (χ2n) is 4.57. The second-order valence-corrected chi connectivity index (χ2v) is 4.57. The molecule has 4 N–H and O–H groups in total. The summed E-state index contributed by atoms with van der Waals surface area (Å²) in [5, 5.41) is 0. The van der Waals surface area contributed by atoms with Crippen molar-refractivity contribution in [2.45, 2.75) is 6.42 Å². The molecule has 2 rings (SSSR count). The normalized spacial score (nSPS) is 17.6. The molecule has 2 nitrogen and oxygen atoms in total. The molecule has 0 saturated heterocycles. The Hall–Kier alpha value is -2.22. The number of nitrogen functional groups attached to an aromatic ring is 1. The lowest BCUT2D eigenvalue weighted by Crippen LogP contribution is -2.22. The smallest absolute Gasteiger partial charge is 0.0367 e. The van der Waals surface area contributed by atoms with Gasteiger partial charge in [-0.15, -0.1) is 13.2 Å². The van der Waals surface area contributed by atoms with Gasteiger partial charge in [0.15, 0.2) is 0 Å². The third kappa shape index (κ3) is 1.97. The molecule has 0 amide bonds. The van der Waals surface area contributed by atoms with Crippen LogP contribution in [-0.4, -0.2) is 0 Å². The molecule has 1 aromatic rings. The monoisotopic (exact) mass is 238 g/mol. The maximum Gasteiger partial charge on any atom is 0.0367 e. The van der Waals surface area contributed by atoms with Gasteiger partial charge in [0.25, 0.3) is 0 Å². The highest BCUT2D eigenvalue weighted by Gasteiger charge is 2.31. The van der Waals surface area contributed by atoms with Gasteiger partial charge < -0.3 is 11.5 Å². The average molecular weight is 238 g/mol. The van der Waals surface area contributed by atoms with E-state index in [1.54, 1.807) is 0 Å². The SMILES string of the molecule is C=CC1(C=C)CC(N)=CC=C1c1ccc(N)cc1. The van der Waals surface area contributed by atoms with Crippen molar-refractivity contribution in [3.05, 3.63) is 73.0 Å². The van der Waals surface area contributed by atoms with E-state index >= 15 is 0 Å². The van der Waals surface area contributed by atoms with Crippen LogP contribution in [0.1, 0.15) is 12.0 Å². The first-order valence-electron chi connectivity index (χ1n) is 5.91. The number of hydrogen-bond donors (Lipinski definition) is 2. The average Bonchev–Trinajstić information content (AvgIpc) is 2.39. The first kappa shape index (κ1) is 12.2. The molecule has 0 fully saturated rings. The zero-order chi connectivity index (χ0) is 13.2. The summed E-state index contributed by atoms with van der Waals surface area (Å²) in [6, 6.07) is 7.82. The number of hydrogen-bond acceptors (Lipinski definition) is 2. The van der Waals surface area contributed by atoms with Gasteiger partial charge in [0.05, 0.1) is 0 Å². The van der Waals surface area contributed by atoms with E-state index in [2.05, 4.69) is 13.2 Å². The van der Waals surface area contributed by atoms with E-state index in [0.29, 0.717) is 0 Å². The highest BCUT2D eigenvalue weighted by molar-refractivity contribution is 5.77. The van der Waals surface area contributed by atoms with Crippen LogP contribution in [0, 0.1) is 5.41 Å². The van der Waals surface area contributed by atoms with Gasteiger partial charge in [-0.2, -0.15) is 0 Å². The van der Waals surface area contributed by atoms with E-state index in [0.717, 1.165) is 28.9 Å². The third-order valence-electron chi connectivity index (χ3n) is 3.41. The van der Waals surface area contributed by atoms with Gasteiger partial charge in [-0.3, -0.25) is 0 Å². The molecular formula is C16H18N2. The highest BCUT2D eigenvalue weighted by atomic mass is 14.6. The molecule has 0 aliphatic heterocycles. The highest BCUT2D eigenvalue weighted by Crippen LogP contribution is 2.44. The van der Waals surface area contributed by atoms with E-state index in [4.69, 9.17) is 11.5 Å². The predicted octanol–water partition coefficient (Wildman–Crippen LogP) is 3.26. The quantitative estimate of drug-likeness (QED) is 0.627. The van der Waals surface area contributed by atoms with Crippen molar-refractivity contribution in [1.29, 1.82) is 0 Å². The maximum absolute atomic E-state index is 5.93. The third-order valence-corrected chi connectivity index (χ3v) is 3.41. The Morgan fingerprint density at radius 1 is 1.00 bits per heavy atom. The van der Waals surface area contributed by atoms with Crippen molar-refractivity contribution >= 4 is 11.3 Å². The molecule has 1 aliphatic rings. The van der Waals surface area contributed by atoms with Gasteiger partial charge >= 0.3 is 0 Å². The number of anilines is 1. The Kier molecular flexibility index (Phi) is 3.11. The summed E-state index contributed by atoms with van der Waals surface area (Å²) in [5.74, 6) is 0. The van der Waals surface area contributed by atoms with Crippen molar-refractivity contribution < 1.29 is 0 Å². The van der Waals surface area contributed by atoms with Crippen molar-refractivity contribution in [3.8, 4) is 0 Å². The van der Waals surface area contributed by atoms with Crippen LogP contribution in [0.2, 0.25) is 0 Å². The largest absolute Gasteiger partial charge is 0.402 e. The number of allylic oxidation sites excluding steroid dienone is 6. The minimum absolute atomic E-state index is 0.297. The summed E-state index contributed by atoms with van der Waals surface area (Å²) in [5.41, 5.74) is 15.2. The maximum atomic E-state index is 5.93. The topological polar surface area (TPSA) is 52.0 Å². The lowest BCUT2D eigenvalue weighted by atomic mass is 9.71. The van der Waals surface area contributed by atoms with Crippen LogP contribution in [0.15, 0.2) is 67.4 Å². The molecule has 18 heavy (non-hydrogen) atoms. The van der Waals surface area contributed by atoms with Gasteiger partial charge in [0, 0.05) is 23.2 Å². The van der Waals surface area contributed by atoms with Crippen LogP contribution in [0.5, 0.6) is 0 Å². The lowest BCUT2D eigenvalue weighted by molar-refractivity contribution is 0.632. The minimum atomic E-state index is -0.297. The number of nitrogens with two attached hydrogens (primary N) is 2. The van der Waals surface area contributed by atoms with Gasteiger partial charge in [0.2, 0.25) is 0 Å². The zero-order valence-corrected chi connectivity index (χ0v) is 10.4. The Labute approximate surface area is 108 Å². The molecule has 0 heterocycles. The fraction of sp³-hybridized carbons (Fsp3) is 0.125. The minimum Gasteiger partial charge on any atom is -0.402 e. The van der Waals surface area contributed by atoms with Crippen molar-refractivity contribution in [2.24, 2.45) is 11.1 Å². The molecular weight excluding hydrogens is 220 g/mol. The second kappa shape index (κ2) is 4.57. The summed E-state index contributed by atoms with van der Waals surface area (Å²) >= 11 is 0. The van der Waals surface area contributed by atoms with Gasteiger partial charge in [-0.1, -0.05) is 30.4 Å². The molecule has 1 aromatic carbocycles. The van der Waals surface area contributed by atoms with Gasteiger partial charge in [-0.05, 0) is 29.3 Å². The fourth-order valence-electron chi connectivity index (χ4n) is 2.31. The van der Waals surface area contributed by atoms with E-state index < -0.39 is 0 Å². The first-order valence-corrected chi connectivity index (χ1v) is 5.91. The fourth-order valence-corrected chi connectivity index (χ4v) is 2.31. The Bertz CT molecular complexity index is 525. The Balaban J connectivity index is 2.54. The van der Waals surface area contributed by atoms with Crippen LogP contribution in [0.25, 0.3) is 5.57 Å². The van der Waals surface area contributed by atoms with E-state index in [9.17, 15) is 0 Å². The molecule has 1 aliphatic carbocycles. The molecule has 92 valence electrons. The van der Waals surface area contributed by atoms with Crippen LogP contribution in [0.3, 0.4) is 0 Å². The zero-order valence-electron chi connectivity index (χ0n) is 10.4. The van der Waals surface area contributed by atoms with Crippen molar-refractivity contribution in [2.75, 3.05) is 5.73 Å². The molecule has 0 spiro atoms. The molecule has 0 saturated carbocycles. The molecule has 0 aromatic heterocycles. The summed E-state index contributed by atoms with van der Waals surface area (Å²) in [4.78, 5) is 0. The molecule has 0 atom stereocenters. The van der Waals surface area contributed by atoms with Crippen molar-refractivity contribution in [3.63, 3.8) is 0 Å². The van der Waals surface area contributed by atoms with E-state index in [1.165, 1.54) is 0 Å². The summed E-state index contributed by atoms with van der Waals surface area (Å²) in [6.07, 6.45) is 8.50. The first-order chi connectivity index (χ1) is 8.61. The van der Waals surface area contributed by atoms with Crippen LogP contribution in [0.4, 0.5) is 5.69 Å². The summed E-state index contributed by atoms with van der Waals surface area (Å²) < 4.78 is 0. The molecule has 0 bridgehead atoms. The van der Waals surface area contributed by atoms with Crippen molar-refractivity contribution in [1.82, 2.24) is 0 Å². The Morgan fingerprint density at radius 3 is 2.17 bits per heavy atom. The van der Waals surface area contributed by atoms with Gasteiger partial charge in [-0.25, -0.2) is 0 Å². The number of benzene rings is 1. The van der Waals surface area contributed by atoms with E-state index in [1.807, 2.05) is 48.6 Å². The van der Waals surface area contributed by atoms with Crippen LogP contribution < -0.4 is 11.5 Å². The summed E-state index contributed by atoms with van der Waals surface area (Å²) in [7, 11) is 0. The van der Waals surface area contributed by atoms with Crippen LogP contribution in [-0.2, 0) is 0 Å². The standard InChI is InChI=1S/C16H18N2/c1-3-16(4-2)11-14(18)9-10-15(16)12-5-7-13(17)8-6-12/h3-10H,1-2,11,17-18H2. The van der Waals surface area contributed by atoms with Crippen LogP contribution >= 0.6 is 0 Å². The van der Waals surface area contributed by atoms with E-state index in [-0.39, 0.29) is 5.41 Å². The molecule has 2 heteroatoms.